The maximum Gasteiger partial charge on any atom is 0.253 e. The van der Waals surface area contributed by atoms with Gasteiger partial charge in [-0.15, -0.1) is 0 Å². The lowest BCUT2D eigenvalue weighted by molar-refractivity contribution is 0.0890. The van der Waals surface area contributed by atoms with Crippen LogP contribution >= 0.6 is 27.5 Å². The number of amides is 1. The number of hydrogen-bond donors (Lipinski definition) is 1. The molecule has 0 radical (unpaired) electrons. The van der Waals surface area contributed by atoms with Gasteiger partial charge in [0.15, 0.2) is 0 Å². The molecule has 1 unspecified atom stereocenters. The summed E-state index contributed by atoms with van der Waals surface area (Å²) >= 11 is 9.34. The monoisotopic (exact) mass is 317 g/mol. The third-order valence-electron chi connectivity index (χ3n) is 2.81. The van der Waals surface area contributed by atoms with E-state index in [1.807, 2.05) is 6.92 Å². The van der Waals surface area contributed by atoms with E-state index in [9.17, 15) is 4.79 Å². The van der Waals surface area contributed by atoms with E-state index in [0.717, 1.165) is 10.9 Å². The molecule has 1 amide bonds. The van der Waals surface area contributed by atoms with Crippen molar-refractivity contribution in [3.05, 3.63) is 33.3 Å². The smallest absolute Gasteiger partial charge is 0.253 e. The van der Waals surface area contributed by atoms with E-state index in [-0.39, 0.29) is 11.4 Å². The third-order valence-corrected chi connectivity index (χ3v) is 3.63. The Labute approximate surface area is 114 Å². The second-order valence-electron chi connectivity index (χ2n) is 4.44. The molecule has 1 heterocycles. The normalized spacial score (nSPS) is 23.7. The predicted molar refractivity (Wildman–Crippen MR) is 70.5 cm³/mol. The van der Waals surface area contributed by atoms with Crippen molar-refractivity contribution in [2.45, 2.75) is 18.9 Å². The fourth-order valence-electron chi connectivity index (χ4n) is 1.78. The zero-order chi connectivity index (χ0) is 12.5. The molecule has 0 saturated carbocycles. The van der Waals surface area contributed by atoms with Crippen molar-refractivity contribution < 1.29 is 9.53 Å². The van der Waals surface area contributed by atoms with Crippen molar-refractivity contribution in [3.8, 4) is 0 Å². The molecule has 0 aromatic heterocycles. The van der Waals surface area contributed by atoms with Gasteiger partial charge in [0, 0.05) is 11.1 Å². The van der Waals surface area contributed by atoms with Crippen LogP contribution in [0.3, 0.4) is 0 Å². The Morgan fingerprint density at radius 2 is 2.35 bits per heavy atom. The van der Waals surface area contributed by atoms with Gasteiger partial charge in [-0.1, -0.05) is 27.5 Å². The Bertz CT molecular complexity index is 444. The zero-order valence-corrected chi connectivity index (χ0v) is 11.8. The fraction of sp³-hybridized carbons (Fsp3) is 0.417. The van der Waals surface area contributed by atoms with Gasteiger partial charge < -0.3 is 10.1 Å². The van der Waals surface area contributed by atoms with Crippen LogP contribution in [-0.2, 0) is 4.74 Å². The number of carbonyl (C=O) groups excluding carboxylic acids is 1. The summed E-state index contributed by atoms with van der Waals surface area (Å²) in [6, 6.07) is 5.23. The van der Waals surface area contributed by atoms with E-state index in [4.69, 9.17) is 16.3 Å². The molecule has 92 valence electrons. The molecule has 1 aliphatic rings. The van der Waals surface area contributed by atoms with Crippen molar-refractivity contribution in [1.29, 1.82) is 0 Å². The Balaban J connectivity index is 2.17. The molecule has 0 aliphatic carbocycles. The number of ether oxygens (including phenoxy) is 1. The summed E-state index contributed by atoms with van der Waals surface area (Å²) in [7, 11) is 0. The van der Waals surface area contributed by atoms with Crippen molar-refractivity contribution in [2.75, 3.05) is 13.2 Å². The topological polar surface area (TPSA) is 38.3 Å². The van der Waals surface area contributed by atoms with Crippen LogP contribution in [0.15, 0.2) is 22.7 Å². The number of rotatable bonds is 2. The van der Waals surface area contributed by atoms with Crippen LogP contribution in [-0.4, -0.2) is 24.7 Å². The molecule has 2 rings (SSSR count). The molecule has 1 aliphatic heterocycles. The molecule has 1 fully saturated rings. The van der Waals surface area contributed by atoms with Gasteiger partial charge in [0.25, 0.3) is 5.91 Å². The van der Waals surface area contributed by atoms with Gasteiger partial charge in [-0.2, -0.15) is 0 Å². The molecular weight excluding hydrogens is 305 g/mol. The van der Waals surface area contributed by atoms with Gasteiger partial charge in [-0.25, -0.2) is 0 Å². The average molecular weight is 319 g/mol. The maximum atomic E-state index is 12.1. The Morgan fingerprint density at radius 1 is 1.59 bits per heavy atom. The van der Waals surface area contributed by atoms with Crippen molar-refractivity contribution in [1.82, 2.24) is 5.32 Å². The number of benzene rings is 1. The minimum Gasteiger partial charge on any atom is -0.379 e. The lowest BCUT2D eigenvalue weighted by atomic mass is 10.0. The number of hydrogen-bond acceptors (Lipinski definition) is 2. The van der Waals surface area contributed by atoms with E-state index in [1.54, 1.807) is 18.2 Å². The summed E-state index contributed by atoms with van der Waals surface area (Å²) in [6.07, 6.45) is 0.824. The molecule has 5 heteroatoms. The molecule has 1 atom stereocenters. The maximum absolute atomic E-state index is 12.1. The second kappa shape index (κ2) is 4.96. The fourth-order valence-corrected chi connectivity index (χ4v) is 2.34. The molecular formula is C12H13BrClNO2. The van der Waals surface area contributed by atoms with Crippen LogP contribution in [0.5, 0.6) is 0 Å². The summed E-state index contributed by atoms with van der Waals surface area (Å²) in [5.41, 5.74) is 0.192. The first-order chi connectivity index (χ1) is 8.00. The Morgan fingerprint density at radius 3 is 3.00 bits per heavy atom. The molecule has 1 saturated heterocycles. The molecule has 17 heavy (non-hydrogen) atoms. The van der Waals surface area contributed by atoms with Crippen molar-refractivity contribution in [2.24, 2.45) is 0 Å². The molecule has 1 N–H and O–H groups in total. The van der Waals surface area contributed by atoms with E-state index >= 15 is 0 Å². The lowest BCUT2D eigenvalue weighted by Gasteiger charge is -2.23. The van der Waals surface area contributed by atoms with Crippen LogP contribution in [0.25, 0.3) is 0 Å². The average Bonchev–Trinajstić information content (AvgIpc) is 2.68. The number of nitrogens with one attached hydrogen (secondary N) is 1. The van der Waals surface area contributed by atoms with E-state index in [0.29, 0.717) is 23.8 Å². The molecule has 1 aromatic rings. The highest BCUT2D eigenvalue weighted by atomic mass is 79.9. The van der Waals surface area contributed by atoms with Crippen LogP contribution in [0.1, 0.15) is 23.7 Å². The highest BCUT2D eigenvalue weighted by molar-refractivity contribution is 9.10. The minimum absolute atomic E-state index is 0.163. The van der Waals surface area contributed by atoms with Gasteiger partial charge in [-0.05, 0) is 31.5 Å². The summed E-state index contributed by atoms with van der Waals surface area (Å²) in [5, 5.41) is 3.42. The van der Waals surface area contributed by atoms with E-state index in [1.165, 1.54) is 0 Å². The summed E-state index contributed by atoms with van der Waals surface area (Å²) in [5.74, 6) is -0.163. The standard InChI is InChI=1S/C12H13BrClNO2/c1-12(4-5-17-7-12)15-11(16)9-6-8(13)2-3-10(9)14/h2-3,6H,4-5,7H2,1H3,(H,15,16). The first-order valence-corrected chi connectivity index (χ1v) is 6.53. The highest BCUT2D eigenvalue weighted by Crippen LogP contribution is 2.23. The second-order valence-corrected chi connectivity index (χ2v) is 5.76. The van der Waals surface area contributed by atoms with Gasteiger partial charge in [0.05, 0.1) is 22.7 Å². The summed E-state index contributed by atoms with van der Waals surface area (Å²) in [6.45, 7) is 3.21. The van der Waals surface area contributed by atoms with Gasteiger partial charge in [-0.3, -0.25) is 4.79 Å². The SMILES string of the molecule is CC1(NC(=O)c2cc(Br)ccc2Cl)CCOC1. The van der Waals surface area contributed by atoms with Crippen LogP contribution in [0.2, 0.25) is 5.02 Å². The molecule has 3 nitrogen and oxygen atoms in total. The molecule has 0 bridgehead atoms. The Kier molecular flexibility index (Phi) is 3.76. The van der Waals surface area contributed by atoms with Crippen LogP contribution < -0.4 is 5.32 Å². The first-order valence-electron chi connectivity index (χ1n) is 5.35. The molecule has 1 aromatic carbocycles. The summed E-state index contributed by atoms with van der Waals surface area (Å²) in [4.78, 5) is 12.1. The van der Waals surface area contributed by atoms with Gasteiger partial charge >= 0.3 is 0 Å². The first kappa shape index (κ1) is 12.9. The highest BCUT2D eigenvalue weighted by Gasteiger charge is 2.31. The van der Waals surface area contributed by atoms with E-state index in [2.05, 4.69) is 21.2 Å². The summed E-state index contributed by atoms with van der Waals surface area (Å²) < 4.78 is 6.13. The van der Waals surface area contributed by atoms with Gasteiger partial charge in [0.1, 0.15) is 0 Å². The molecule has 0 spiro atoms. The Hall–Kier alpha value is -0.580. The predicted octanol–water partition coefficient (Wildman–Crippen LogP) is 3.01. The third kappa shape index (κ3) is 3.00. The van der Waals surface area contributed by atoms with Crippen LogP contribution in [0.4, 0.5) is 0 Å². The van der Waals surface area contributed by atoms with Crippen LogP contribution in [0, 0.1) is 0 Å². The zero-order valence-electron chi connectivity index (χ0n) is 9.43. The number of halogens is 2. The number of carbonyl (C=O) groups is 1. The lowest BCUT2D eigenvalue weighted by Crippen LogP contribution is -2.46. The minimum atomic E-state index is -0.289. The van der Waals surface area contributed by atoms with Gasteiger partial charge in [0.2, 0.25) is 0 Å². The van der Waals surface area contributed by atoms with Crippen molar-refractivity contribution in [3.63, 3.8) is 0 Å². The quantitative estimate of drug-likeness (QED) is 0.910. The van der Waals surface area contributed by atoms with E-state index < -0.39 is 0 Å². The largest absolute Gasteiger partial charge is 0.379 e. The van der Waals surface area contributed by atoms with Crippen molar-refractivity contribution >= 4 is 33.4 Å².